The van der Waals surface area contributed by atoms with E-state index in [1.807, 2.05) is 12.1 Å². The summed E-state index contributed by atoms with van der Waals surface area (Å²) in [5.41, 5.74) is 4.82. The van der Waals surface area contributed by atoms with Crippen LogP contribution in [-0.2, 0) is 6.42 Å². The number of ether oxygens (including phenoxy) is 2. The molecule has 2 aromatic rings. The second-order valence-electron chi connectivity index (χ2n) is 4.77. The highest BCUT2D eigenvalue weighted by Crippen LogP contribution is 2.42. The molecule has 18 heavy (non-hydrogen) atoms. The van der Waals surface area contributed by atoms with E-state index in [1.165, 1.54) is 11.1 Å². The molecule has 0 N–H and O–H groups in total. The molecule has 0 unspecified atom stereocenters. The van der Waals surface area contributed by atoms with Crippen LogP contribution in [0.3, 0.4) is 0 Å². The van der Waals surface area contributed by atoms with Crippen LogP contribution in [0.1, 0.15) is 22.3 Å². The molecule has 92 valence electrons. The highest BCUT2D eigenvalue weighted by atomic mass is 16.5. The van der Waals surface area contributed by atoms with Gasteiger partial charge in [0.15, 0.2) is 0 Å². The third-order valence-corrected chi connectivity index (χ3v) is 3.47. The van der Waals surface area contributed by atoms with Crippen molar-refractivity contribution in [1.29, 1.82) is 0 Å². The van der Waals surface area contributed by atoms with Crippen molar-refractivity contribution >= 4 is 0 Å². The lowest BCUT2D eigenvalue weighted by Crippen LogP contribution is -2.06. The van der Waals surface area contributed by atoms with E-state index in [0.29, 0.717) is 0 Å². The quantitative estimate of drug-likeness (QED) is 0.640. The predicted molar refractivity (Wildman–Crippen MR) is 71.8 cm³/mol. The van der Waals surface area contributed by atoms with Crippen LogP contribution in [0.5, 0.6) is 17.2 Å². The average molecular weight is 240 g/mol. The van der Waals surface area contributed by atoms with Crippen LogP contribution in [0, 0.1) is 13.8 Å². The maximum absolute atomic E-state index is 6.00. The molecular formula is C16H16O2. The Hall–Kier alpha value is -1.96. The van der Waals surface area contributed by atoms with Gasteiger partial charge in [-0.05, 0) is 43.2 Å². The van der Waals surface area contributed by atoms with Crippen LogP contribution in [0.15, 0.2) is 30.3 Å². The summed E-state index contributed by atoms with van der Waals surface area (Å²) in [6, 6.07) is 10.3. The molecule has 0 aromatic heterocycles. The van der Waals surface area contributed by atoms with Gasteiger partial charge in [0.25, 0.3) is 0 Å². The Kier molecular flexibility index (Phi) is 2.51. The Morgan fingerprint density at radius 3 is 2.67 bits per heavy atom. The monoisotopic (exact) mass is 240 g/mol. The smallest absolute Gasteiger partial charge is 0.134 e. The number of benzene rings is 2. The summed E-state index contributed by atoms with van der Waals surface area (Å²) in [4.78, 5) is 0. The van der Waals surface area contributed by atoms with Gasteiger partial charge in [-0.3, -0.25) is 0 Å². The lowest BCUT2D eigenvalue weighted by molar-refractivity contribution is 0.397. The predicted octanol–water partition coefficient (Wildman–Crippen LogP) is 4.01. The van der Waals surface area contributed by atoms with Crippen molar-refractivity contribution in [3.63, 3.8) is 0 Å². The van der Waals surface area contributed by atoms with Gasteiger partial charge >= 0.3 is 0 Å². The van der Waals surface area contributed by atoms with E-state index in [4.69, 9.17) is 9.47 Å². The van der Waals surface area contributed by atoms with E-state index in [1.54, 1.807) is 7.11 Å². The van der Waals surface area contributed by atoms with E-state index in [0.717, 1.165) is 34.8 Å². The van der Waals surface area contributed by atoms with Gasteiger partial charge < -0.3 is 9.47 Å². The summed E-state index contributed by atoms with van der Waals surface area (Å²) in [5, 5.41) is 0. The van der Waals surface area contributed by atoms with Crippen LogP contribution >= 0.6 is 0 Å². The molecule has 0 amide bonds. The lowest BCUT2D eigenvalue weighted by Gasteiger charge is -2.23. The first-order chi connectivity index (χ1) is 8.69. The molecule has 0 atom stereocenters. The summed E-state index contributed by atoms with van der Waals surface area (Å²) < 4.78 is 11.5. The summed E-state index contributed by atoms with van der Waals surface area (Å²) in [7, 11) is 1.71. The van der Waals surface area contributed by atoms with E-state index in [-0.39, 0.29) is 0 Å². The second-order valence-corrected chi connectivity index (χ2v) is 4.77. The summed E-state index contributed by atoms with van der Waals surface area (Å²) in [6.45, 7) is 4.17. The molecule has 0 saturated carbocycles. The minimum Gasteiger partial charge on any atom is -0.496 e. The Morgan fingerprint density at radius 1 is 1.06 bits per heavy atom. The maximum atomic E-state index is 6.00. The first-order valence-corrected chi connectivity index (χ1v) is 6.13. The third-order valence-electron chi connectivity index (χ3n) is 3.47. The zero-order valence-electron chi connectivity index (χ0n) is 10.9. The van der Waals surface area contributed by atoms with Crippen LogP contribution in [-0.4, -0.2) is 7.11 Å². The fraction of sp³-hybridized carbons (Fsp3) is 0.250. The molecular weight excluding hydrogens is 224 g/mol. The molecule has 0 aliphatic carbocycles. The topological polar surface area (TPSA) is 18.5 Å². The number of rotatable bonds is 1. The van der Waals surface area contributed by atoms with Crippen molar-refractivity contribution in [2.45, 2.75) is 20.3 Å². The molecule has 0 radical (unpaired) electrons. The van der Waals surface area contributed by atoms with Crippen molar-refractivity contribution < 1.29 is 9.47 Å². The molecule has 0 fully saturated rings. The molecule has 3 rings (SSSR count). The zero-order valence-corrected chi connectivity index (χ0v) is 10.9. The van der Waals surface area contributed by atoms with E-state index in [9.17, 15) is 0 Å². The largest absolute Gasteiger partial charge is 0.496 e. The Morgan fingerprint density at radius 2 is 1.89 bits per heavy atom. The van der Waals surface area contributed by atoms with E-state index in [2.05, 4.69) is 32.0 Å². The summed E-state index contributed by atoms with van der Waals surface area (Å²) in [5.74, 6) is 2.80. The standard InChI is InChI=1S/C16H16O2/c1-10-7-15(17-3)13-9-12-11(2)5-4-6-14(12)18-16(13)8-10/h4-8H,9H2,1-3H3. The Balaban J connectivity index is 2.16. The van der Waals surface area contributed by atoms with Crippen LogP contribution in [0.25, 0.3) is 0 Å². The fourth-order valence-electron chi connectivity index (χ4n) is 2.49. The average Bonchev–Trinajstić information content (AvgIpc) is 2.36. The van der Waals surface area contributed by atoms with Gasteiger partial charge in [-0.15, -0.1) is 0 Å². The molecule has 2 heteroatoms. The number of fused-ring (bicyclic) bond motifs is 2. The van der Waals surface area contributed by atoms with Crippen LogP contribution < -0.4 is 9.47 Å². The second kappa shape index (κ2) is 4.05. The van der Waals surface area contributed by atoms with E-state index < -0.39 is 0 Å². The molecule has 0 bridgehead atoms. The van der Waals surface area contributed by atoms with Gasteiger partial charge in [-0.1, -0.05) is 12.1 Å². The molecule has 2 nitrogen and oxygen atoms in total. The third kappa shape index (κ3) is 1.65. The Bertz CT molecular complexity index is 615. The number of hydrogen-bond acceptors (Lipinski definition) is 2. The van der Waals surface area contributed by atoms with Crippen molar-refractivity contribution in [2.24, 2.45) is 0 Å². The maximum Gasteiger partial charge on any atom is 0.134 e. The van der Waals surface area contributed by atoms with Crippen LogP contribution in [0.2, 0.25) is 0 Å². The van der Waals surface area contributed by atoms with Gasteiger partial charge in [-0.2, -0.15) is 0 Å². The minimum absolute atomic E-state index is 0.876. The first-order valence-electron chi connectivity index (χ1n) is 6.13. The molecule has 0 saturated heterocycles. The fourth-order valence-corrected chi connectivity index (χ4v) is 2.49. The molecule has 1 heterocycles. The van der Waals surface area contributed by atoms with Crippen molar-refractivity contribution in [3.05, 3.63) is 52.6 Å². The van der Waals surface area contributed by atoms with E-state index >= 15 is 0 Å². The van der Waals surface area contributed by atoms with Gasteiger partial charge in [0.1, 0.15) is 17.2 Å². The molecule has 2 aromatic carbocycles. The summed E-state index contributed by atoms with van der Waals surface area (Å²) >= 11 is 0. The summed E-state index contributed by atoms with van der Waals surface area (Å²) in [6.07, 6.45) is 0.876. The highest BCUT2D eigenvalue weighted by Gasteiger charge is 2.21. The van der Waals surface area contributed by atoms with Crippen molar-refractivity contribution in [2.75, 3.05) is 7.11 Å². The number of methoxy groups -OCH3 is 1. The number of hydrogen-bond donors (Lipinski definition) is 0. The minimum atomic E-state index is 0.876. The normalized spacial score (nSPS) is 12.4. The zero-order chi connectivity index (χ0) is 12.7. The molecule has 0 spiro atoms. The van der Waals surface area contributed by atoms with Crippen LogP contribution in [0.4, 0.5) is 0 Å². The van der Waals surface area contributed by atoms with Gasteiger partial charge in [0, 0.05) is 17.5 Å². The Labute approximate surface area is 107 Å². The highest BCUT2D eigenvalue weighted by molar-refractivity contribution is 5.58. The number of aryl methyl sites for hydroxylation is 2. The molecule has 1 aliphatic rings. The molecule has 1 aliphatic heterocycles. The van der Waals surface area contributed by atoms with Crippen molar-refractivity contribution in [3.8, 4) is 17.2 Å². The SMILES string of the molecule is COc1cc(C)cc2c1Cc1c(C)cccc1O2. The van der Waals surface area contributed by atoms with Crippen molar-refractivity contribution in [1.82, 2.24) is 0 Å². The van der Waals surface area contributed by atoms with Gasteiger partial charge in [-0.25, -0.2) is 0 Å². The van der Waals surface area contributed by atoms with Gasteiger partial charge in [0.05, 0.1) is 7.11 Å². The van der Waals surface area contributed by atoms with Gasteiger partial charge in [0.2, 0.25) is 0 Å². The lowest BCUT2D eigenvalue weighted by atomic mass is 9.95. The first kappa shape index (κ1) is 11.1.